The SMILES string of the molecule is O=C(c1cccnc1)N1CCNCC1c1cccc(F)c1. The van der Waals surface area contributed by atoms with Crippen LogP contribution < -0.4 is 5.32 Å². The molecular formula is C16H16FN3O. The number of piperazine rings is 1. The normalized spacial score (nSPS) is 18.5. The van der Waals surface area contributed by atoms with Gasteiger partial charge in [0.25, 0.3) is 5.91 Å². The third-order valence-corrected chi connectivity index (χ3v) is 3.65. The van der Waals surface area contributed by atoms with Gasteiger partial charge in [-0.05, 0) is 29.8 Å². The van der Waals surface area contributed by atoms with E-state index in [2.05, 4.69) is 10.3 Å². The standard InChI is InChI=1S/C16H16FN3O/c17-14-5-1-3-12(9-14)15-11-19-7-8-20(15)16(21)13-4-2-6-18-10-13/h1-6,9-10,15,19H,7-8,11H2. The van der Waals surface area contributed by atoms with Crippen LogP contribution in [0.3, 0.4) is 0 Å². The van der Waals surface area contributed by atoms with Crippen LogP contribution in [-0.4, -0.2) is 35.4 Å². The summed E-state index contributed by atoms with van der Waals surface area (Å²) in [5.41, 5.74) is 1.36. The molecule has 4 nitrogen and oxygen atoms in total. The van der Waals surface area contributed by atoms with Gasteiger partial charge in [-0.2, -0.15) is 0 Å². The van der Waals surface area contributed by atoms with Gasteiger partial charge in [-0.3, -0.25) is 9.78 Å². The van der Waals surface area contributed by atoms with Gasteiger partial charge in [-0.15, -0.1) is 0 Å². The van der Waals surface area contributed by atoms with Crippen LogP contribution in [0.15, 0.2) is 48.8 Å². The topological polar surface area (TPSA) is 45.2 Å². The predicted octanol–water partition coefficient (Wildman–Crippen LogP) is 2.01. The molecule has 0 saturated carbocycles. The molecule has 0 aliphatic carbocycles. The van der Waals surface area contributed by atoms with Crippen molar-refractivity contribution in [3.05, 3.63) is 65.7 Å². The Balaban J connectivity index is 1.90. The molecular weight excluding hydrogens is 269 g/mol. The van der Waals surface area contributed by atoms with Crippen LogP contribution in [0.2, 0.25) is 0 Å². The van der Waals surface area contributed by atoms with Gasteiger partial charge in [-0.25, -0.2) is 4.39 Å². The maximum Gasteiger partial charge on any atom is 0.256 e. The fourth-order valence-electron chi connectivity index (χ4n) is 2.61. The van der Waals surface area contributed by atoms with Crippen molar-refractivity contribution in [2.45, 2.75) is 6.04 Å². The first-order valence-corrected chi connectivity index (χ1v) is 6.93. The Morgan fingerprint density at radius 3 is 3.00 bits per heavy atom. The number of aromatic nitrogens is 1. The Morgan fingerprint density at radius 1 is 1.33 bits per heavy atom. The Morgan fingerprint density at radius 2 is 2.24 bits per heavy atom. The highest BCUT2D eigenvalue weighted by molar-refractivity contribution is 5.94. The number of amides is 1. The van der Waals surface area contributed by atoms with Gasteiger partial charge < -0.3 is 10.2 Å². The summed E-state index contributed by atoms with van der Waals surface area (Å²) in [6, 6.07) is 9.75. The second-order valence-corrected chi connectivity index (χ2v) is 5.02. The fourth-order valence-corrected chi connectivity index (χ4v) is 2.61. The number of halogens is 1. The molecule has 2 aromatic rings. The molecule has 1 aliphatic heterocycles. The van der Waals surface area contributed by atoms with Gasteiger partial charge in [0.05, 0.1) is 11.6 Å². The van der Waals surface area contributed by atoms with E-state index in [1.165, 1.54) is 12.1 Å². The minimum absolute atomic E-state index is 0.0705. The van der Waals surface area contributed by atoms with Crippen LogP contribution in [0.1, 0.15) is 22.0 Å². The van der Waals surface area contributed by atoms with Crippen molar-refractivity contribution in [2.75, 3.05) is 19.6 Å². The van der Waals surface area contributed by atoms with Crippen molar-refractivity contribution in [1.82, 2.24) is 15.2 Å². The van der Waals surface area contributed by atoms with E-state index in [1.807, 2.05) is 6.07 Å². The third kappa shape index (κ3) is 2.92. The summed E-state index contributed by atoms with van der Waals surface area (Å²) < 4.78 is 13.4. The highest BCUT2D eigenvalue weighted by Crippen LogP contribution is 2.24. The van der Waals surface area contributed by atoms with Crippen molar-refractivity contribution in [3.8, 4) is 0 Å². The zero-order chi connectivity index (χ0) is 14.7. The average Bonchev–Trinajstić information content (AvgIpc) is 2.55. The maximum absolute atomic E-state index is 13.4. The maximum atomic E-state index is 13.4. The van der Waals surface area contributed by atoms with E-state index in [9.17, 15) is 9.18 Å². The Labute approximate surface area is 122 Å². The Kier molecular flexibility index (Phi) is 3.92. The smallest absolute Gasteiger partial charge is 0.256 e. The van der Waals surface area contributed by atoms with E-state index >= 15 is 0 Å². The number of benzene rings is 1. The second-order valence-electron chi connectivity index (χ2n) is 5.02. The van der Waals surface area contributed by atoms with Gasteiger partial charge in [-0.1, -0.05) is 12.1 Å². The second kappa shape index (κ2) is 6.01. The molecule has 108 valence electrons. The molecule has 5 heteroatoms. The largest absolute Gasteiger partial charge is 0.329 e. The third-order valence-electron chi connectivity index (χ3n) is 3.65. The summed E-state index contributed by atoms with van der Waals surface area (Å²) in [6.07, 6.45) is 3.20. The molecule has 1 aromatic carbocycles. The number of carbonyl (C=O) groups excluding carboxylic acids is 1. The van der Waals surface area contributed by atoms with Crippen molar-refractivity contribution in [2.24, 2.45) is 0 Å². The quantitative estimate of drug-likeness (QED) is 0.918. The first kappa shape index (κ1) is 13.7. The summed E-state index contributed by atoms with van der Waals surface area (Å²) in [7, 11) is 0. The minimum Gasteiger partial charge on any atom is -0.329 e. The average molecular weight is 285 g/mol. The molecule has 0 radical (unpaired) electrons. The van der Waals surface area contributed by atoms with Crippen molar-refractivity contribution in [3.63, 3.8) is 0 Å². The van der Waals surface area contributed by atoms with Crippen LogP contribution in [0, 0.1) is 5.82 Å². The summed E-state index contributed by atoms with van der Waals surface area (Å²) >= 11 is 0. The van der Waals surface area contributed by atoms with E-state index < -0.39 is 0 Å². The monoisotopic (exact) mass is 285 g/mol. The molecule has 1 amide bonds. The zero-order valence-electron chi connectivity index (χ0n) is 11.5. The first-order valence-electron chi connectivity index (χ1n) is 6.93. The molecule has 1 fully saturated rings. The lowest BCUT2D eigenvalue weighted by Crippen LogP contribution is -2.48. The molecule has 1 saturated heterocycles. The fraction of sp³-hybridized carbons (Fsp3) is 0.250. The van der Waals surface area contributed by atoms with E-state index in [1.54, 1.807) is 35.5 Å². The summed E-state index contributed by atoms with van der Waals surface area (Å²) in [5, 5.41) is 3.26. The lowest BCUT2D eigenvalue weighted by atomic mass is 10.0. The predicted molar refractivity (Wildman–Crippen MR) is 77.3 cm³/mol. The highest BCUT2D eigenvalue weighted by Gasteiger charge is 2.28. The summed E-state index contributed by atoms with van der Waals surface area (Å²) in [6.45, 7) is 1.95. The number of nitrogens with zero attached hydrogens (tertiary/aromatic N) is 2. The molecule has 1 unspecified atom stereocenters. The molecule has 0 bridgehead atoms. The molecule has 0 spiro atoms. The van der Waals surface area contributed by atoms with Crippen LogP contribution in [0.5, 0.6) is 0 Å². The van der Waals surface area contributed by atoms with Crippen LogP contribution in [0.25, 0.3) is 0 Å². The molecule has 1 atom stereocenters. The van der Waals surface area contributed by atoms with E-state index in [0.29, 0.717) is 18.7 Å². The van der Waals surface area contributed by atoms with Gasteiger partial charge in [0.15, 0.2) is 0 Å². The van der Waals surface area contributed by atoms with E-state index in [-0.39, 0.29) is 17.8 Å². The first-order chi connectivity index (χ1) is 10.3. The molecule has 1 aliphatic rings. The Hall–Kier alpha value is -2.27. The van der Waals surface area contributed by atoms with Crippen LogP contribution in [0.4, 0.5) is 4.39 Å². The number of nitrogens with one attached hydrogen (secondary N) is 1. The molecule has 1 N–H and O–H groups in total. The van der Waals surface area contributed by atoms with E-state index in [0.717, 1.165) is 12.1 Å². The molecule has 3 rings (SSSR count). The number of carbonyl (C=O) groups is 1. The number of rotatable bonds is 2. The van der Waals surface area contributed by atoms with Gasteiger partial charge in [0.2, 0.25) is 0 Å². The van der Waals surface area contributed by atoms with Crippen molar-refractivity contribution >= 4 is 5.91 Å². The van der Waals surface area contributed by atoms with Crippen molar-refractivity contribution < 1.29 is 9.18 Å². The molecule has 1 aromatic heterocycles. The van der Waals surface area contributed by atoms with Crippen LogP contribution in [-0.2, 0) is 0 Å². The Bertz CT molecular complexity index is 632. The van der Waals surface area contributed by atoms with Crippen LogP contribution >= 0.6 is 0 Å². The van der Waals surface area contributed by atoms with Gasteiger partial charge in [0.1, 0.15) is 5.82 Å². The van der Waals surface area contributed by atoms with E-state index in [4.69, 9.17) is 0 Å². The van der Waals surface area contributed by atoms with Gasteiger partial charge >= 0.3 is 0 Å². The molecule has 21 heavy (non-hydrogen) atoms. The number of hydrogen-bond donors (Lipinski definition) is 1. The zero-order valence-corrected chi connectivity index (χ0v) is 11.5. The lowest BCUT2D eigenvalue weighted by molar-refractivity contribution is 0.0633. The minimum atomic E-state index is -0.285. The number of hydrogen-bond acceptors (Lipinski definition) is 3. The number of pyridine rings is 1. The summed E-state index contributed by atoms with van der Waals surface area (Å²) in [5.74, 6) is -0.356. The lowest BCUT2D eigenvalue weighted by Gasteiger charge is -2.36. The van der Waals surface area contributed by atoms with Gasteiger partial charge in [0, 0.05) is 32.0 Å². The highest BCUT2D eigenvalue weighted by atomic mass is 19.1. The summed E-state index contributed by atoms with van der Waals surface area (Å²) in [4.78, 5) is 18.4. The molecule has 2 heterocycles. The van der Waals surface area contributed by atoms with Crippen molar-refractivity contribution in [1.29, 1.82) is 0 Å².